The molecule has 1 atom stereocenters. The van der Waals surface area contributed by atoms with Crippen LogP contribution < -0.4 is 0 Å². The molecule has 0 aliphatic carbocycles. The molecule has 20 heavy (non-hydrogen) atoms. The van der Waals surface area contributed by atoms with Crippen LogP contribution in [0.5, 0.6) is 0 Å². The third kappa shape index (κ3) is 5.40. The maximum absolute atomic E-state index is 12.0. The molecule has 5 heteroatoms. The lowest BCUT2D eigenvalue weighted by Gasteiger charge is -2.20. The molecule has 1 amide bonds. The van der Waals surface area contributed by atoms with Crippen molar-refractivity contribution < 1.29 is 19.1 Å². The second-order valence-electron chi connectivity index (χ2n) is 4.44. The highest BCUT2D eigenvalue weighted by atomic mass is 16.5. The van der Waals surface area contributed by atoms with Gasteiger partial charge in [-0.15, -0.1) is 0 Å². The largest absolute Gasteiger partial charge is 0.465 e. The summed E-state index contributed by atoms with van der Waals surface area (Å²) in [5.41, 5.74) is 1.00. The van der Waals surface area contributed by atoms with Crippen molar-refractivity contribution in [2.24, 2.45) is 0 Å². The van der Waals surface area contributed by atoms with Gasteiger partial charge in [-0.05, 0) is 19.4 Å². The van der Waals surface area contributed by atoms with Crippen molar-refractivity contribution in [3.63, 3.8) is 0 Å². The quantitative estimate of drug-likeness (QED) is 0.712. The maximum atomic E-state index is 12.0. The van der Waals surface area contributed by atoms with Crippen LogP contribution in [0.3, 0.4) is 0 Å². The van der Waals surface area contributed by atoms with E-state index in [0.717, 1.165) is 5.56 Å². The summed E-state index contributed by atoms with van der Waals surface area (Å²) in [4.78, 5) is 24.6. The number of esters is 1. The summed E-state index contributed by atoms with van der Waals surface area (Å²) in [6.45, 7) is 4.01. The third-order valence-electron chi connectivity index (χ3n) is 2.74. The van der Waals surface area contributed by atoms with Gasteiger partial charge in [0.2, 0.25) is 0 Å². The Labute approximate surface area is 119 Å². The molecule has 0 radical (unpaired) electrons. The highest BCUT2D eigenvalue weighted by molar-refractivity contribution is 5.84. The Hall–Kier alpha value is -1.88. The minimum absolute atomic E-state index is 0.0638. The van der Waals surface area contributed by atoms with Crippen molar-refractivity contribution in [1.82, 2.24) is 4.90 Å². The van der Waals surface area contributed by atoms with Crippen molar-refractivity contribution in [3.8, 4) is 0 Å². The Morgan fingerprint density at radius 2 is 1.90 bits per heavy atom. The number of carbonyl (C=O) groups excluding carboxylic acids is 2. The second-order valence-corrected chi connectivity index (χ2v) is 4.44. The summed E-state index contributed by atoms with van der Waals surface area (Å²) in [5.74, 6) is -0.660. The predicted octanol–water partition coefficient (Wildman–Crippen LogP) is 1.61. The van der Waals surface area contributed by atoms with Gasteiger partial charge < -0.3 is 14.4 Å². The summed E-state index contributed by atoms with van der Waals surface area (Å²) in [5, 5.41) is 0. The zero-order valence-electron chi connectivity index (χ0n) is 12.2. The van der Waals surface area contributed by atoms with E-state index in [2.05, 4.69) is 0 Å². The fraction of sp³-hybridized carbons (Fsp3) is 0.467. The van der Waals surface area contributed by atoms with Crippen LogP contribution >= 0.6 is 0 Å². The number of rotatable bonds is 7. The van der Waals surface area contributed by atoms with Crippen molar-refractivity contribution in [2.75, 3.05) is 20.2 Å². The second kappa shape index (κ2) is 8.32. The molecule has 0 N–H and O–H groups in total. The number of hydrogen-bond donors (Lipinski definition) is 0. The fourth-order valence-corrected chi connectivity index (χ4v) is 1.66. The van der Waals surface area contributed by atoms with Gasteiger partial charge in [-0.25, -0.2) is 0 Å². The maximum Gasteiger partial charge on any atom is 0.325 e. The standard InChI is InChI=1S/C15H21NO4/c1-4-19-14(17)10-16(3)15(18)12(2)20-11-13-8-6-5-7-9-13/h5-9,12H,4,10-11H2,1-3H3. The van der Waals surface area contributed by atoms with Gasteiger partial charge in [0.15, 0.2) is 0 Å². The molecule has 0 heterocycles. The molecule has 110 valence electrons. The van der Waals surface area contributed by atoms with E-state index in [1.54, 1.807) is 20.9 Å². The number of ether oxygens (including phenoxy) is 2. The first-order valence-electron chi connectivity index (χ1n) is 6.60. The molecule has 0 bridgehead atoms. The van der Waals surface area contributed by atoms with Gasteiger partial charge in [0, 0.05) is 7.05 Å². The van der Waals surface area contributed by atoms with Crippen LogP contribution in [0.25, 0.3) is 0 Å². The molecule has 0 aliphatic heterocycles. The van der Waals surface area contributed by atoms with Crippen molar-refractivity contribution in [3.05, 3.63) is 35.9 Å². The van der Waals surface area contributed by atoms with E-state index < -0.39 is 12.1 Å². The van der Waals surface area contributed by atoms with E-state index in [9.17, 15) is 9.59 Å². The molecule has 0 fully saturated rings. The normalized spacial score (nSPS) is 11.8. The molecular weight excluding hydrogens is 258 g/mol. The molecule has 0 saturated carbocycles. The minimum Gasteiger partial charge on any atom is -0.465 e. The Bertz CT molecular complexity index is 433. The fourth-order valence-electron chi connectivity index (χ4n) is 1.66. The highest BCUT2D eigenvalue weighted by Gasteiger charge is 2.20. The lowest BCUT2D eigenvalue weighted by atomic mass is 10.2. The Balaban J connectivity index is 2.40. The Morgan fingerprint density at radius 3 is 2.50 bits per heavy atom. The molecule has 1 aromatic rings. The van der Waals surface area contributed by atoms with E-state index in [0.29, 0.717) is 13.2 Å². The number of likely N-dealkylation sites (N-methyl/N-ethyl adjacent to an activating group) is 1. The molecule has 1 aromatic carbocycles. The van der Waals surface area contributed by atoms with Crippen LogP contribution in [0.4, 0.5) is 0 Å². The van der Waals surface area contributed by atoms with E-state index in [1.807, 2.05) is 30.3 Å². The van der Waals surface area contributed by atoms with Crippen LogP contribution in [-0.4, -0.2) is 43.1 Å². The van der Waals surface area contributed by atoms with E-state index >= 15 is 0 Å². The zero-order valence-corrected chi connectivity index (χ0v) is 12.2. The van der Waals surface area contributed by atoms with E-state index in [-0.39, 0.29) is 12.5 Å². The van der Waals surface area contributed by atoms with Crippen LogP contribution in [0.2, 0.25) is 0 Å². The molecule has 1 unspecified atom stereocenters. The summed E-state index contributed by atoms with van der Waals surface area (Å²) < 4.78 is 10.3. The Kier molecular flexibility index (Phi) is 6.73. The smallest absolute Gasteiger partial charge is 0.325 e. The average Bonchev–Trinajstić information content (AvgIpc) is 2.45. The predicted molar refractivity (Wildman–Crippen MR) is 75.0 cm³/mol. The summed E-state index contributed by atoms with van der Waals surface area (Å²) in [6.07, 6.45) is -0.602. The Morgan fingerprint density at radius 1 is 1.25 bits per heavy atom. The first kappa shape index (κ1) is 16.2. The topological polar surface area (TPSA) is 55.8 Å². The van der Waals surface area contributed by atoms with Crippen LogP contribution in [0, 0.1) is 0 Å². The van der Waals surface area contributed by atoms with Crippen molar-refractivity contribution in [1.29, 1.82) is 0 Å². The minimum atomic E-state index is -0.602. The number of hydrogen-bond acceptors (Lipinski definition) is 4. The zero-order chi connectivity index (χ0) is 15.0. The van der Waals surface area contributed by atoms with Gasteiger partial charge in [-0.2, -0.15) is 0 Å². The SMILES string of the molecule is CCOC(=O)CN(C)C(=O)C(C)OCc1ccccc1. The molecular formula is C15H21NO4. The summed E-state index contributed by atoms with van der Waals surface area (Å²) in [6, 6.07) is 9.61. The van der Waals surface area contributed by atoms with Gasteiger partial charge in [-0.3, -0.25) is 9.59 Å². The molecule has 5 nitrogen and oxygen atoms in total. The van der Waals surface area contributed by atoms with Crippen LogP contribution in [0.1, 0.15) is 19.4 Å². The highest BCUT2D eigenvalue weighted by Crippen LogP contribution is 2.05. The average molecular weight is 279 g/mol. The van der Waals surface area contributed by atoms with Gasteiger partial charge in [-0.1, -0.05) is 30.3 Å². The number of carbonyl (C=O) groups is 2. The summed E-state index contributed by atoms with van der Waals surface area (Å²) >= 11 is 0. The van der Waals surface area contributed by atoms with Crippen molar-refractivity contribution >= 4 is 11.9 Å². The van der Waals surface area contributed by atoms with Crippen LogP contribution in [-0.2, 0) is 25.7 Å². The third-order valence-corrected chi connectivity index (χ3v) is 2.74. The van der Waals surface area contributed by atoms with E-state index in [1.165, 1.54) is 4.90 Å². The number of benzene rings is 1. The van der Waals surface area contributed by atoms with Crippen LogP contribution in [0.15, 0.2) is 30.3 Å². The molecule has 0 aliphatic rings. The van der Waals surface area contributed by atoms with Gasteiger partial charge >= 0.3 is 5.97 Å². The monoisotopic (exact) mass is 279 g/mol. The van der Waals surface area contributed by atoms with Crippen molar-refractivity contribution in [2.45, 2.75) is 26.6 Å². The number of amides is 1. The van der Waals surface area contributed by atoms with E-state index in [4.69, 9.17) is 9.47 Å². The lowest BCUT2D eigenvalue weighted by molar-refractivity contribution is -0.152. The van der Waals surface area contributed by atoms with Gasteiger partial charge in [0.05, 0.1) is 13.2 Å². The molecule has 0 saturated heterocycles. The lowest BCUT2D eigenvalue weighted by Crippen LogP contribution is -2.39. The number of nitrogens with zero attached hydrogens (tertiary/aromatic N) is 1. The molecule has 0 aromatic heterocycles. The first-order valence-corrected chi connectivity index (χ1v) is 6.60. The van der Waals surface area contributed by atoms with Gasteiger partial charge in [0.25, 0.3) is 5.91 Å². The summed E-state index contributed by atoms with van der Waals surface area (Å²) in [7, 11) is 1.56. The first-order chi connectivity index (χ1) is 9.54. The van der Waals surface area contributed by atoms with Gasteiger partial charge in [0.1, 0.15) is 12.6 Å². The molecule has 1 rings (SSSR count). The molecule has 0 spiro atoms.